The maximum atomic E-state index is 12.2. The molecule has 124 valence electrons. The molecule has 0 bridgehead atoms. The maximum Gasteiger partial charge on any atom is 0.225 e. The summed E-state index contributed by atoms with van der Waals surface area (Å²) in [7, 11) is 0. The zero-order valence-corrected chi connectivity index (χ0v) is 14.4. The normalized spacial score (nSPS) is 17.9. The first kappa shape index (κ1) is 15.4. The van der Waals surface area contributed by atoms with Crippen LogP contribution >= 0.6 is 0 Å². The summed E-state index contributed by atoms with van der Waals surface area (Å²) < 4.78 is 0. The molecule has 2 aliphatic rings. The van der Waals surface area contributed by atoms with Gasteiger partial charge in [-0.15, -0.1) is 0 Å². The van der Waals surface area contributed by atoms with Crippen molar-refractivity contribution in [2.75, 3.05) is 26.2 Å². The van der Waals surface area contributed by atoms with Crippen LogP contribution in [0.3, 0.4) is 0 Å². The van der Waals surface area contributed by atoms with Crippen molar-refractivity contribution in [2.24, 2.45) is 5.92 Å². The van der Waals surface area contributed by atoms with E-state index >= 15 is 0 Å². The molecule has 2 aromatic rings. The number of nitrogens with zero attached hydrogens (tertiary/aromatic N) is 2. The van der Waals surface area contributed by atoms with Crippen molar-refractivity contribution in [2.45, 2.75) is 19.9 Å². The molecule has 1 aliphatic heterocycles. The summed E-state index contributed by atoms with van der Waals surface area (Å²) in [5, 5.41) is 0. The monoisotopic (exact) mass is 320 g/mol. The van der Waals surface area contributed by atoms with Gasteiger partial charge in [0.15, 0.2) is 0 Å². The molecule has 0 saturated carbocycles. The first-order valence-corrected chi connectivity index (χ1v) is 8.88. The smallest absolute Gasteiger partial charge is 0.225 e. The summed E-state index contributed by atoms with van der Waals surface area (Å²) in [6, 6.07) is 17.8. The Morgan fingerprint density at radius 2 is 1.38 bits per heavy atom. The lowest BCUT2D eigenvalue weighted by Gasteiger charge is -2.39. The highest BCUT2D eigenvalue weighted by Crippen LogP contribution is 2.46. The van der Waals surface area contributed by atoms with Gasteiger partial charge in [0, 0.05) is 32.1 Å². The highest BCUT2D eigenvalue weighted by atomic mass is 16.2. The molecule has 0 radical (unpaired) electrons. The number of hydrogen-bond donors (Lipinski definition) is 0. The number of carbonyl (C=O) groups excluding carboxylic acids is 1. The molecule has 1 fully saturated rings. The molecule has 1 heterocycles. The summed E-state index contributed by atoms with van der Waals surface area (Å²) in [6.07, 6.45) is 0. The van der Waals surface area contributed by atoms with Gasteiger partial charge >= 0.3 is 0 Å². The minimum Gasteiger partial charge on any atom is -0.340 e. The first-order valence-electron chi connectivity index (χ1n) is 8.88. The van der Waals surface area contributed by atoms with E-state index in [1.807, 2.05) is 18.7 Å². The number of amides is 1. The fraction of sp³-hybridized carbons (Fsp3) is 0.381. The molecule has 4 rings (SSSR count). The van der Waals surface area contributed by atoms with Crippen molar-refractivity contribution in [3.8, 4) is 11.1 Å². The van der Waals surface area contributed by atoms with Crippen LogP contribution in [0.15, 0.2) is 48.5 Å². The van der Waals surface area contributed by atoms with Crippen molar-refractivity contribution in [1.29, 1.82) is 0 Å². The standard InChI is InChI=1S/C21H24N2O/c1-15(2)21(24)23-13-11-22(12-14-23)20-18-9-5-3-7-16(18)17-8-4-6-10-19(17)20/h3-10,15,20H,11-14H2,1-2H3. The Kier molecular flexibility index (Phi) is 3.89. The highest BCUT2D eigenvalue weighted by molar-refractivity contribution is 5.79. The molecule has 0 unspecified atom stereocenters. The Balaban J connectivity index is 1.61. The van der Waals surface area contributed by atoms with E-state index in [0.717, 1.165) is 26.2 Å². The molecule has 0 atom stereocenters. The summed E-state index contributed by atoms with van der Waals surface area (Å²) in [5.74, 6) is 0.367. The minimum atomic E-state index is 0.0875. The zero-order valence-electron chi connectivity index (χ0n) is 14.4. The number of carbonyl (C=O) groups is 1. The quantitative estimate of drug-likeness (QED) is 0.845. The van der Waals surface area contributed by atoms with Crippen LogP contribution in [0.5, 0.6) is 0 Å². The van der Waals surface area contributed by atoms with E-state index in [-0.39, 0.29) is 11.8 Å². The van der Waals surface area contributed by atoms with Gasteiger partial charge < -0.3 is 4.90 Å². The number of benzene rings is 2. The van der Waals surface area contributed by atoms with E-state index in [4.69, 9.17) is 0 Å². The van der Waals surface area contributed by atoms with Gasteiger partial charge in [0.25, 0.3) is 0 Å². The molecular formula is C21H24N2O. The third kappa shape index (κ3) is 2.44. The van der Waals surface area contributed by atoms with Crippen LogP contribution in [0.25, 0.3) is 11.1 Å². The average molecular weight is 320 g/mol. The van der Waals surface area contributed by atoms with Crippen LogP contribution < -0.4 is 0 Å². The summed E-state index contributed by atoms with van der Waals surface area (Å²) in [5.41, 5.74) is 5.53. The molecule has 24 heavy (non-hydrogen) atoms. The summed E-state index contributed by atoms with van der Waals surface area (Å²) in [6.45, 7) is 7.50. The molecule has 1 saturated heterocycles. The van der Waals surface area contributed by atoms with Crippen LogP contribution in [0, 0.1) is 5.92 Å². The Bertz CT molecular complexity index is 714. The van der Waals surface area contributed by atoms with Crippen LogP contribution in [-0.4, -0.2) is 41.9 Å². The van der Waals surface area contributed by atoms with E-state index in [2.05, 4.69) is 53.4 Å². The second-order valence-electron chi connectivity index (χ2n) is 7.09. The Morgan fingerprint density at radius 1 is 0.875 bits per heavy atom. The van der Waals surface area contributed by atoms with E-state index in [1.54, 1.807) is 0 Å². The summed E-state index contributed by atoms with van der Waals surface area (Å²) >= 11 is 0. The van der Waals surface area contributed by atoms with Gasteiger partial charge in [0.2, 0.25) is 5.91 Å². The van der Waals surface area contributed by atoms with Gasteiger partial charge in [0.1, 0.15) is 0 Å². The minimum absolute atomic E-state index is 0.0875. The van der Waals surface area contributed by atoms with Crippen LogP contribution in [0.1, 0.15) is 31.0 Å². The van der Waals surface area contributed by atoms with Crippen molar-refractivity contribution >= 4 is 5.91 Å². The fourth-order valence-corrected chi connectivity index (χ4v) is 4.09. The van der Waals surface area contributed by atoms with Crippen LogP contribution in [-0.2, 0) is 4.79 Å². The van der Waals surface area contributed by atoms with Crippen LogP contribution in [0.2, 0.25) is 0 Å². The maximum absolute atomic E-state index is 12.2. The Labute approximate surface area is 143 Å². The van der Waals surface area contributed by atoms with E-state index in [9.17, 15) is 4.79 Å². The highest BCUT2D eigenvalue weighted by Gasteiger charge is 2.34. The molecular weight excluding hydrogens is 296 g/mol. The SMILES string of the molecule is CC(C)C(=O)N1CCN(C2c3ccccc3-c3ccccc32)CC1. The molecule has 0 spiro atoms. The molecule has 2 aromatic carbocycles. The molecule has 3 nitrogen and oxygen atoms in total. The van der Waals surface area contributed by atoms with Gasteiger partial charge in [-0.25, -0.2) is 0 Å². The lowest BCUT2D eigenvalue weighted by Crippen LogP contribution is -2.50. The summed E-state index contributed by atoms with van der Waals surface area (Å²) in [4.78, 5) is 16.8. The lowest BCUT2D eigenvalue weighted by molar-refractivity contribution is -0.136. The number of fused-ring (bicyclic) bond motifs is 3. The van der Waals surface area contributed by atoms with E-state index in [1.165, 1.54) is 22.3 Å². The van der Waals surface area contributed by atoms with Gasteiger partial charge in [0.05, 0.1) is 6.04 Å². The predicted molar refractivity (Wildman–Crippen MR) is 96.7 cm³/mol. The topological polar surface area (TPSA) is 23.6 Å². The first-order chi connectivity index (χ1) is 11.7. The Morgan fingerprint density at radius 3 is 1.88 bits per heavy atom. The fourth-order valence-electron chi connectivity index (χ4n) is 4.09. The van der Waals surface area contributed by atoms with Crippen LogP contribution in [0.4, 0.5) is 0 Å². The average Bonchev–Trinajstić information content (AvgIpc) is 2.96. The third-order valence-electron chi connectivity index (χ3n) is 5.29. The number of rotatable bonds is 2. The second kappa shape index (κ2) is 6.06. The van der Waals surface area contributed by atoms with Gasteiger partial charge in [-0.1, -0.05) is 62.4 Å². The predicted octanol–water partition coefficient (Wildman–Crippen LogP) is 3.56. The van der Waals surface area contributed by atoms with Crippen molar-refractivity contribution in [3.05, 3.63) is 59.7 Å². The molecule has 0 aromatic heterocycles. The number of piperazine rings is 1. The Hall–Kier alpha value is -2.13. The molecule has 3 heteroatoms. The van der Waals surface area contributed by atoms with Crippen molar-refractivity contribution < 1.29 is 4.79 Å². The molecule has 1 amide bonds. The van der Waals surface area contributed by atoms with Gasteiger partial charge in [-0.05, 0) is 22.3 Å². The van der Waals surface area contributed by atoms with Gasteiger partial charge in [-0.3, -0.25) is 9.69 Å². The van der Waals surface area contributed by atoms with E-state index < -0.39 is 0 Å². The van der Waals surface area contributed by atoms with Crippen molar-refractivity contribution in [3.63, 3.8) is 0 Å². The van der Waals surface area contributed by atoms with Gasteiger partial charge in [-0.2, -0.15) is 0 Å². The molecule has 0 N–H and O–H groups in total. The zero-order chi connectivity index (χ0) is 16.7. The van der Waals surface area contributed by atoms with E-state index in [0.29, 0.717) is 6.04 Å². The number of hydrogen-bond acceptors (Lipinski definition) is 2. The van der Waals surface area contributed by atoms with Crippen molar-refractivity contribution in [1.82, 2.24) is 9.80 Å². The lowest BCUT2D eigenvalue weighted by atomic mass is 10.0. The molecule has 1 aliphatic carbocycles. The largest absolute Gasteiger partial charge is 0.340 e. The third-order valence-corrected chi connectivity index (χ3v) is 5.29. The second-order valence-corrected chi connectivity index (χ2v) is 7.09.